The minimum absolute atomic E-state index is 0.0944. The van der Waals surface area contributed by atoms with Crippen molar-refractivity contribution in [2.75, 3.05) is 26.8 Å². The monoisotopic (exact) mass is 185 g/mol. The lowest BCUT2D eigenvalue weighted by Crippen LogP contribution is -2.52. The average molecular weight is 185 g/mol. The van der Waals surface area contributed by atoms with Crippen LogP contribution in [0.15, 0.2) is 0 Å². The van der Waals surface area contributed by atoms with E-state index in [-0.39, 0.29) is 5.60 Å². The van der Waals surface area contributed by atoms with Gasteiger partial charge in [-0.05, 0) is 25.8 Å². The molecule has 76 valence electrons. The fourth-order valence-corrected chi connectivity index (χ4v) is 2.42. The zero-order valence-corrected chi connectivity index (χ0v) is 8.34. The van der Waals surface area contributed by atoms with Crippen LogP contribution in [0.25, 0.3) is 0 Å². The van der Waals surface area contributed by atoms with Crippen LogP contribution in [0.3, 0.4) is 0 Å². The number of hydrogen-bond acceptors (Lipinski definition) is 3. The van der Waals surface area contributed by atoms with Crippen LogP contribution in [0.5, 0.6) is 0 Å². The highest BCUT2D eigenvalue weighted by atomic mass is 16.5. The smallest absolute Gasteiger partial charge is 0.0831 e. The normalized spacial score (nSPS) is 40.8. The first-order valence-electron chi connectivity index (χ1n) is 5.22. The molecule has 3 heteroatoms. The molecule has 0 radical (unpaired) electrons. The standard InChI is InChI=1S/C10H19NO2/c1-12-9-3-6-13-10(7-9)4-2-5-11-8-10/h9,11H,2-8H2,1H3/t9-,10+/m1/s1. The maximum absolute atomic E-state index is 5.90. The third-order valence-electron chi connectivity index (χ3n) is 3.21. The Morgan fingerprint density at radius 1 is 1.54 bits per heavy atom. The highest BCUT2D eigenvalue weighted by Crippen LogP contribution is 2.31. The molecule has 0 saturated carbocycles. The number of hydrogen-bond donors (Lipinski definition) is 1. The summed E-state index contributed by atoms with van der Waals surface area (Å²) in [6, 6.07) is 0. The van der Waals surface area contributed by atoms with Crippen LogP contribution in [0.4, 0.5) is 0 Å². The van der Waals surface area contributed by atoms with Gasteiger partial charge in [0.15, 0.2) is 0 Å². The number of piperidine rings is 1. The van der Waals surface area contributed by atoms with Crippen molar-refractivity contribution in [3.05, 3.63) is 0 Å². The van der Waals surface area contributed by atoms with Crippen LogP contribution in [0.2, 0.25) is 0 Å². The van der Waals surface area contributed by atoms with Gasteiger partial charge in [0.2, 0.25) is 0 Å². The van der Waals surface area contributed by atoms with Gasteiger partial charge in [-0.15, -0.1) is 0 Å². The van der Waals surface area contributed by atoms with Crippen molar-refractivity contribution >= 4 is 0 Å². The van der Waals surface area contributed by atoms with Crippen LogP contribution in [0.1, 0.15) is 25.7 Å². The van der Waals surface area contributed by atoms with Gasteiger partial charge in [-0.3, -0.25) is 0 Å². The number of nitrogens with one attached hydrogen (secondary N) is 1. The SMILES string of the molecule is CO[C@@H]1CCO[C@@]2(CCCNC2)C1. The van der Waals surface area contributed by atoms with Crippen molar-refractivity contribution < 1.29 is 9.47 Å². The average Bonchev–Trinajstić information content (AvgIpc) is 2.19. The first-order chi connectivity index (χ1) is 6.35. The Bertz CT molecular complexity index is 161. The van der Waals surface area contributed by atoms with E-state index in [4.69, 9.17) is 9.47 Å². The fraction of sp³-hybridized carbons (Fsp3) is 1.00. The van der Waals surface area contributed by atoms with Crippen LogP contribution in [-0.4, -0.2) is 38.5 Å². The molecule has 0 aromatic carbocycles. The van der Waals surface area contributed by atoms with Crippen molar-refractivity contribution in [1.29, 1.82) is 0 Å². The maximum atomic E-state index is 5.90. The Hall–Kier alpha value is -0.120. The molecule has 0 aromatic heterocycles. The second-order valence-corrected chi connectivity index (χ2v) is 4.16. The molecular weight excluding hydrogens is 166 g/mol. The first kappa shape index (κ1) is 9.44. The van der Waals surface area contributed by atoms with Crippen LogP contribution < -0.4 is 5.32 Å². The molecule has 2 heterocycles. The molecular formula is C10H19NO2. The van der Waals surface area contributed by atoms with Gasteiger partial charge in [0, 0.05) is 26.7 Å². The van der Waals surface area contributed by atoms with Crippen molar-refractivity contribution in [3.8, 4) is 0 Å². The largest absolute Gasteiger partial charge is 0.381 e. The summed E-state index contributed by atoms with van der Waals surface area (Å²) >= 11 is 0. The summed E-state index contributed by atoms with van der Waals surface area (Å²) in [5.74, 6) is 0. The molecule has 0 aromatic rings. The second-order valence-electron chi connectivity index (χ2n) is 4.16. The van der Waals surface area contributed by atoms with E-state index in [9.17, 15) is 0 Å². The minimum atomic E-state index is 0.0944. The van der Waals surface area contributed by atoms with E-state index in [0.717, 1.165) is 32.5 Å². The number of rotatable bonds is 1. The lowest BCUT2D eigenvalue weighted by molar-refractivity contribution is -0.134. The zero-order chi connectivity index (χ0) is 9.15. The Balaban J connectivity index is 1.95. The highest BCUT2D eigenvalue weighted by molar-refractivity contribution is 4.92. The molecule has 13 heavy (non-hydrogen) atoms. The molecule has 2 aliphatic heterocycles. The third-order valence-corrected chi connectivity index (χ3v) is 3.21. The fourth-order valence-electron chi connectivity index (χ4n) is 2.42. The van der Waals surface area contributed by atoms with E-state index in [0.29, 0.717) is 6.10 Å². The Morgan fingerprint density at radius 3 is 3.15 bits per heavy atom. The first-order valence-corrected chi connectivity index (χ1v) is 5.22. The zero-order valence-electron chi connectivity index (χ0n) is 8.34. The molecule has 1 spiro atoms. The van der Waals surface area contributed by atoms with E-state index in [1.54, 1.807) is 7.11 Å². The summed E-state index contributed by atoms with van der Waals surface area (Å²) < 4.78 is 11.3. The molecule has 2 rings (SSSR count). The van der Waals surface area contributed by atoms with Crippen molar-refractivity contribution in [1.82, 2.24) is 5.32 Å². The lowest BCUT2D eigenvalue weighted by atomic mass is 9.85. The molecule has 0 bridgehead atoms. The quantitative estimate of drug-likeness (QED) is 0.659. The maximum Gasteiger partial charge on any atom is 0.0831 e. The summed E-state index contributed by atoms with van der Waals surface area (Å²) in [7, 11) is 1.81. The van der Waals surface area contributed by atoms with Crippen molar-refractivity contribution in [2.45, 2.75) is 37.4 Å². The third kappa shape index (κ3) is 2.03. The van der Waals surface area contributed by atoms with Gasteiger partial charge < -0.3 is 14.8 Å². The van der Waals surface area contributed by atoms with Gasteiger partial charge in [0.25, 0.3) is 0 Å². The second kappa shape index (κ2) is 3.95. The Morgan fingerprint density at radius 2 is 2.46 bits per heavy atom. The Labute approximate surface area is 79.8 Å². The van der Waals surface area contributed by atoms with Gasteiger partial charge >= 0.3 is 0 Å². The summed E-state index contributed by atoms with van der Waals surface area (Å²) in [5.41, 5.74) is 0.0944. The van der Waals surface area contributed by atoms with Gasteiger partial charge in [-0.25, -0.2) is 0 Å². The van der Waals surface area contributed by atoms with Crippen molar-refractivity contribution in [3.63, 3.8) is 0 Å². The van der Waals surface area contributed by atoms with Crippen LogP contribution in [-0.2, 0) is 9.47 Å². The topological polar surface area (TPSA) is 30.5 Å². The van der Waals surface area contributed by atoms with E-state index < -0.39 is 0 Å². The molecule has 0 amide bonds. The Kier molecular flexibility index (Phi) is 2.86. The molecule has 2 fully saturated rings. The van der Waals surface area contributed by atoms with Gasteiger partial charge in [0.05, 0.1) is 11.7 Å². The molecule has 2 atom stereocenters. The predicted octanol–water partition coefficient (Wildman–Crippen LogP) is 0.934. The van der Waals surface area contributed by atoms with E-state index in [1.165, 1.54) is 12.8 Å². The minimum Gasteiger partial charge on any atom is -0.381 e. The van der Waals surface area contributed by atoms with Crippen LogP contribution >= 0.6 is 0 Å². The molecule has 0 aliphatic carbocycles. The summed E-state index contributed by atoms with van der Waals surface area (Å²) in [4.78, 5) is 0. The number of methoxy groups -OCH3 is 1. The summed E-state index contributed by atoms with van der Waals surface area (Å²) in [5, 5.41) is 3.41. The van der Waals surface area contributed by atoms with Gasteiger partial charge in [-0.1, -0.05) is 0 Å². The van der Waals surface area contributed by atoms with Crippen molar-refractivity contribution in [2.24, 2.45) is 0 Å². The van der Waals surface area contributed by atoms with E-state index in [1.807, 2.05) is 0 Å². The van der Waals surface area contributed by atoms with E-state index in [2.05, 4.69) is 5.32 Å². The molecule has 2 saturated heterocycles. The summed E-state index contributed by atoms with van der Waals surface area (Å²) in [6.45, 7) is 3.01. The molecule has 1 N–H and O–H groups in total. The summed E-state index contributed by atoms with van der Waals surface area (Å²) in [6.07, 6.45) is 4.96. The lowest BCUT2D eigenvalue weighted by Gasteiger charge is -2.43. The molecule has 2 aliphatic rings. The van der Waals surface area contributed by atoms with Crippen LogP contribution in [0, 0.1) is 0 Å². The van der Waals surface area contributed by atoms with Gasteiger partial charge in [0.1, 0.15) is 0 Å². The predicted molar refractivity (Wildman–Crippen MR) is 50.8 cm³/mol. The molecule has 3 nitrogen and oxygen atoms in total. The molecule has 0 unspecified atom stereocenters. The van der Waals surface area contributed by atoms with Gasteiger partial charge in [-0.2, -0.15) is 0 Å². The highest BCUT2D eigenvalue weighted by Gasteiger charge is 2.38. The number of ether oxygens (including phenoxy) is 2. The van der Waals surface area contributed by atoms with E-state index >= 15 is 0 Å².